The molecule has 0 saturated carbocycles. The molecule has 124 valence electrons. The maximum atomic E-state index is 12.4. The van der Waals surface area contributed by atoms with Crippen molar-refractivity contribution in [1.29, 1.82) is 0 Å². The number of piperazine rings is 1. The van der Waals surface area contributed by atoms with Gasteiger partial charge in [0.05, 0.1) is 6.04 Å². The van der Waals surface area contributed by atoms with Crippen LogP contribution in [0.1, 0.15) is 26.3 Å². The smallest absolute Gasteiger partial charge is 0.410 e. The van der Waals surface area contributed by atoms with E-state index in [-0.39, 0.29) is 24.5 Å². The lowest BCUT2D eigenvalue weighted by atomic mass is 10.0. The summed E-state index contributed by atoms with van der Waals surface area (Å²) in [4.78, 5) is 16.6. The molecule has 1 saturated heterocycles. The molecule has 0 N–H and O–H groups in total. The number of rotatable bonds is 2. The predicted octanol–water partition coefficient (Wildman–Crippen LogP) is 3.20. The highest BCUT2D eigenvalue weighted by Gasteiger charge is 2.32. The Labute approximate surface area is 139 Å². The first kappa shape index (κ1) is 18.8. The van der Waals surface area contributed by atoms with E-state index in [0.717, 1.165) is 26.1 Å². The second-order valence-electron chi connectivity index (χ2n) is 6.78. The standard InChI is InChI=1S/C17H26N2O2.ClH/c1-17(2,3)21-16(20)19-11-10-18(4)13-15(19)12-14-8-6-5-7-9-14;/h5-9,15H,10-13H2,1-4H3;1H. The van der Waals surface area contributed by atoms with E-state index in [2.05, 4.69) is 24.1 Å². The van der Waals surface area contributed by atoms with Gasteiger partial charge in [0.2, 0.25) is 0 Å². The second kappa shape index (κ2) is 7.84. The second-order valence-corrected chi connectivity index (χ2v) is 6.78. The maximum Gasteiger partial charge on any atom is 0.410 e. The summed E-state index contributed by atoms with van der Waals surface area (Å²) in [6.07, 6.45) is 0.668. The zero-order valence-corrected chi connectivity index (χ0v) is 14.7. The minimum atomic E-state index is -0.447. The lowest BCUT2D eigenvalue weighted by Crippen LogP contribution is -2.55. The van der Waals surface area contributed by atoms with Gasteiger partial charge in [-0.1, -0.05) is 30.3 Å². The van der Waals surface area contributed by atoms with E-state index in [1.807, 2.05) is 43.9 Å². The molecule has 1 aromatic carbocycles. The van der Waals surface area contributed by atoms with Crippen LogP contribution in [-0.4, -0.2) is 54.2 Å². The van der Waals surface area contributed by atoms with Gasteiger partial charge in [-0.15, -0.1) is 12.4 Å². The summed E-state index contributed by atoms with van der Waals surface area (Å²) in [6.45, 7) is 8.23. The molecule has 1 atom stereocenters. The van der Waals surface area contributed by atoms with Crippen molar-refractivity contribution < 1.29 is 9.53 Å². The predicted molar refractivity (Wildman–Crippen MR) is 91.6 cm³/mol. The van der Waals surface area contributed by atoms with E-state index in [9.17, 15) is 4.79 Å². The highest BCUT2D eigenvalue weighted by Crippen LogP contribution is 2.18. The van der Waals surface area contributed by atoms with Gasteiger partial charge in [-0.05, 0) is 39.8 Å². The summed E-state index contributed by atoms with van der Waals surface area (Å²) in [5.74, 6) is 0. The highest BCUT2D eigenvalue weighted by molar-refractivity contribution is 5.85. The third-order valence-corrected chi connectivity index (χ3v) is 3.63. The Hall–Kier alpha value is -1.26. The molecule has 0 bridgehead atoms. The van der Waals surface area contributed by atoms with Crippen LogP contribution in [0.2, 0.25) is 0 Å². The molecule has 0 spiro atoms. The molecule has 22 heavy (non-hydrogen) atoms. The number of hydrogen-bond donors (Lipinski definition) is 0. The van der Waals surface area contributed by atoms with Crippen LogP contribution < -0.4 is 0 Å². The van der Waals surface area contributed by atoms with Crippen molar-refractivity contribution >= 4 is 18.5 Å². The molecule has 1 amide bonds. The minimum absolute atomic E-state index is 0. The largest absolute Gasteiger partial charge is 0.444 e. The Kier molecular flexibility index (Phi) is 6.69. The zero-order chi connectivity index (χ0) is 15.5. The number of hydrogen-bond acceptors (Lipinski definition) is 3. The van der Waals surface area contributed by atoms with Crippen molar-refractivity contribution in [1.82, 2.24) is 9.80 Å². The SMILES string of the molecule is CN1CCN(C(=O)OC(C)(C)C)C(Cc2ccccc2)C1.Cl. The van der Waals surface area contributed by atoms with E-state index in [0.29, 0.717) is 0 Å². The number of halogens is 1. The van der Waals surface area contributed by atoms with Crippen molar-refractivity contribution in [2.24, 2.45) is 0 Å². The van der Waals surface area contributed by atoms with Gasteiger partial charge in [0.15, 0.2) is 0 Å². The number of carbonyl (C=O) groups is 1. The molecule has 1 fully saturated rings. The van der Waals surface area contributed by atoms with Crippen LogP contribution in [0.5, 0.6) is 0 Å². The Balaban J connectivity index is 0.00000242. The molecule has 1 aromatic rings. The van der Waals surface area contributed by atoms with Crippen LogP contribution in [-0.2, 0) is 11.2 Å². The summed E-state index contributed by atoms with van der Waals surface area (Å²) in [5.41, 5.74) is 0.809. The van der Waals surface area contributed by atoms with Gasteiger partial charge in [-0.3, -0.25) is 0 Å². The van der Waals surface area contributed by atoms with E-state index >= 15 is 0 Å². The van der Waals surface area contributed by atoms with Gasteiger partial charge < -0.3 is 14.5 Å². The molecule has 0 aliphatic carbocycles. The number of nitrogens with zero attached hydrogens (tertiary/aromatic N) is 2. The maximum absolute atomic E-state index is 12.4. The van der Waals surface area contributed by atoms with Crippen molar-refractivity contribution in [2.45, 2.75) is 38.8 Å². The fraction of sp³-hybridized carbons (Fsp3) is 0.588. The van der Waals surface area contributed by atoms with E-state index < -0.39 is 5.60 Å². The lowest BCUT2D eigenvalue weighted by Gasteiger charge is -2.40. The molecule has 0 radical (unpaired) electrons. The lowest BCUT2D eigenvalue weighted by molar-refractivity contribution is 0.00165. The molecule has 0 aromatic heterocycles. The number of amides is 1. The Morgan fingerprint density at radius 2 is 1.86 bits per heavy atom. The van der Waals surface area contributed by atoms with Crippen LogP contribution >= 0.6 is 12.4 Å². The molecule has 5 heteroatoms. The summed E-state index contributed by atoms with van der Waals surface area (Å²) < 4.78 is 5.55. The quantitative estimate of drug-likeness (QED) is 0.836. The fourth-order valence-electron chi connectivity index (χ4n) is 2.63. The summed E-state index contributed by atoms with van der Waals surface area (Å²) in [5, 5.41) is 0. The number of carbonyl (C=O) groups excluding carboxylic acids is 1. The fourth-order valence-corrected chi connectivity index (χ4v) is 2.63. The first-order valence-corrected chi connectivity index (χ1v) is 7.57. The highest BCUT2D eigenvalue weighted by atomic mass is 35.5. The van der Waals surface area contributed by atoms with Crippen LogP contribution in [0.15, 0.2) is 30.3 Å². The Morgan fingerprint density at radius 1 is 1.23 bits per heavy atom. The molecule has 1 aliphatic heterocycles. The third kappa shape index (κ3) is 5.50. The number of benzene rings is 1. The zero-order valence-electron chi connectivity index (χ0n) is 13.9. The van der Waals surface area contributed by atoms with Gasteiger partial charge in [0.25, 0.3) is 0 Å². The van der Waals surface area contributed by atoms with Crippen LogP contribution in [0.4, 0.5) is 4.79 Å². The van der Waals surface area contributed by atoms with Crippen molar-refractivity contribution in [3.05, 3.63) is 35.9 Å². The van der Waals surface area contributed by atoms with Crippen molar-refractivity contribution in [3.8, 4) is 0 Å². The van der Waals surface area contributed by atoms with Gasteiger partial charge >= 0.3 is 6.09 Å². The molecule has 1 aliphatic rings. The summed E-state index contributed by atoms with van der Waals surface area (Å²) in [7, 11) is 2.10. The normalized spacial score (nSPS) is 19.5. The number of ether oxygens (including phenoxy) is 1. The third-order valence-electron chi connectivity index (χ3n) is 3.63. The molecular weight excluding hydrogens is 300 g/mol. The molecule has 4 nitrogen and oxygen atoms in total. The minimum Gasteiger partial charge on any atom is -0.444 e. The van der Waals surface area contributed by atoms with E-state index in [1.54, 1.807) is 0 Å². The Morgan fingerprint density at radius 3 is 2.45 bits per heavy atom. The Bertz CT molecular complexity index is 473. The molecule has 1 unspecified atom stereocenters. The topological polar surface area (TPSA) is 32.8 Å². The monoisotopic (exact) mass is 326 g/mol. The average molecular weight is 327 g/mol. The van der Waals surface area contributed by atoms with Gasteiger partial charge in [0.1, 0.15) is 5.60 Å². The average Bonchev–Trinajstić information content (AvgIpc) is 2.37. The van der Waals surface area contributed by atoms with Crippen LogP contribution in [0, 0.1) is 0 Å². The van der Waals surface area contributed by atoms with E-state index in [4.69, 9.17) is 4.74 Å². The molecule has 2 rings (SSSR count). The van der Waals surface area contributed by atoms with Gasteiger partial charge in [0, 0.05) is 19.6 Å². The summed E-state index contributed by atoms with van der Waals surface area (Å²) in [6, 6.07) is 10.5. The first-order chi connectivity index (χ1) is 9.85. The first-order valence-electron chi connectivity index (χ1n) is 7.57. The van der Waals surface area contributed by atoms with Crippen LogP contribution in [0.3, 0.4) is 0 Å². The van der Waals surface area contributed by atoms with Crippen LogP contribution in [0.25, 0.3) is 0 Å². The van der Waals surface area contributed by atoms with Gasteiger partial charge in [-0.25, -0.2) is 4.79 Å². The van der Waals surface area contributed by atoms with Gasteiger partial charge in [-0.2, -0.15) is 0 Å². The van der Waals surface area contributed by atoms with E-state index in [1.165, 1.54) is 5.56 Å². The summed E-state index contributed by atoms with van der Waals surface area (Å²) >= 11 is 0. The van der Waals surface area contributed by atoms with Crippen molar-refractivity contribution in [2.75, 3.05) is 26.7 Å². The molecule has 1 heterocycles. The number of likely N-dealkylation sites (N-methyl/N-ethyl adjacent to an activating group) is 1. The van der Waals surface area contributed by atoms with Crippen molar-refractivity contribution in [3.63, 3.8) is 0 Å². The molecular formula is C17H27ClN2O2.